The normalized spacial score (nSPS) is 13.2. The van der Waals surface area contributed by atoms with Crippen LogP contribution < -0.4 is 15.4 Å². The van der Waals surface area contributed by atoms with Crippen LogP contribution in [0.15, 0.2) is 42.5 Å². The smallest absolute Gasteiger partial charge is 0.237 e. The number of ether oxygens (including phenoxy) is 1. The molecule has 0 heterocycles. The van der Waals surface area contributed by atoms with Crippen molar-refractivity contribution < 1.29 is 18.3 Å². The third-order valence-electron chi connectivity index (χ3n) is 3.95. The first-order valence-electron chi connectivity index (χ1n) is 8.02. The molecule has 2 rings (SSSR count). The van der Waals surface area contributed by atoms with E-state index in [0.29, 0.717) is 12.1 Å². The molecule has 0 saturated carbocycles. The molecule has 0 radical (unpaired) electrons. The second-order valence-electron chi connectivity index (χ2n) is 5.84. The monoisotopic (exact) mass is 348 g/mol. The van der Waals surface area contributed by atoms with Crippen LogP contribution in [0.1, 0.15) is 31.0 Å². The van der Waals surface area contributed by atoms with Crippen molar-refractivity contribution in [2.45, 2.75) is 32.5 Å². The van der Waals surface area contributed by atoms with E-state index in [0.717, 1.165) is 17.4 Å². The Morgan fingerprint density at radius 3 is 2.40 bits per heavy atom. The lowest BCUT2D eigenvalue weighted by molar-refractivity contribution is -0.123. The molecule has 0 saturated heterocycles. The summed E-state index contributed by atoms with van der Waals surface area (Å²) in [5.74, 6) is -0.713. The van der Waals surface area contributed by atoms with Gasteiger partial charge in [0.05, 0.1) is 13.2 Å². The summed E-state index contributed by atoms with van der Waals surface area (Å²) >= 11 is 0. The molecule has 0 unspecified atom stereocenters. The average molecular weight is 348 g/mol. The highest BCUT2D eigenvalue weighted by Crippen LogP contribution is 2.18. The topological polar surface area (TPSA) is 50.4 Å². The number of carbonyl (C=O) groups is 1. The van der Waals surface area contributed by atoms with Gasteiger partial charge >= 0.3 is 0 Å². The highest BCUT2D eigenvalue weighted by molar-refractivity contribution is 5.81. The third kappa shape index (κ3) is 5.26. The van der Waals surface area contributed by atoms with Crippen LogP contribution in [0.4, 0.5) is 8.78 Å². The fraction of sp³-hybridized carbons (Fsp3) is 0.316. The number of amides is 1. The molecule has 0 aliphatic carbocycles. The standard InChI is InChI=1S/C19H22F2N2O2/c1-12(17-9-6-15(20)10-18(17)21)23-13(2)19(24)22-11-14-4-7-16(25-3)8-5-14/h4-10,12-13,23H,11H2,1-3H3,(H,22,24)/t12-,13+/m1/s1. The minimum absolute atomic E-state index is 0.204. The van der Waals surface area contributed by atoms with E-state index in [1.54, 1.807) is 21.0 Å². The van der Waals surface area contributed by atoms with Crippen LogP contribution in [0.2, 0.25) is 0 Å². The second-order valence-corrected chi connectivity index (χ2v) is 5.84. The summed E-state index contributed by atoms with van der Waals surface area (Å²) in [7, 11) is 1.59. The number of carbonyl (C=O) groups excluding carboxylic acids is 1. The molecule has 0 aliphatic rings. The maximum Gasteiger partial charge on any atom is 0.237 e. The van der Waals surface area contributed by atoms with Crippen LogP contribution in [0, 0.1) is 11.6 Å². The largest absolute Gasteiger partial charge is 0.497 e. The third-order valence-corrected chi connectivity index (χ3v) is 3.95. The van der Waals surface area contributed by atoms with Gasteiger partial charge in [0, 0.05) is 24.2 Å². The van der Waals surface area contributed by atoms with E-state index < -0.39 is 23.7 Å². The Kier molecular flexibility index (Phi) is 6.47. The number of rotatable bonds is 7. The van der Waals surface area contributed by atoms with Gasteiger partial charge in [-0.15, -0.1) is 0 Å². The molecule has 2 atom stereocenters. The summed E-state index contributed by atoms with van der Waals surface area (Å²) in [6.45, 7) is 3.80. The number of nitrogens with one attached hydrogen (secondary N) is 2. The highest BCUT2D eigenvalue weighted by atomic mass is 19.1. The van der Waals surface area contributed by atoms with Crippen molar-refractivity contribution in [3.8, 4) is 5.75 Å². The van der Waals surface area contributed by atoms with Gasteiger partial charge in [0.1, 0.15) is 17.4 Å². The summed E-state index contributed by atoms with van der Waals surface area (Å²) in [5, 5.41) is 5.84. The van der Waals surface area contributed by atoms with Gasteiger partial charge in [-0.1, -0.05) is 18.2 Å². The number of benzene rings is 2. The van der Waals surface area contributed by atoms with Gasteiger partial charge in [0.2, 0.25) is 5.91 Å². The molecule has 0 aromatic heterocycles. The van der Waals surface area contributed by atoms with Gasteiger partial charge in [-0.25, -0.2) is 8.78 Å². The lowest BCUT2D eigenvalue weighted by Gasteiger charge is -2.20. The molecule has 2 aromatic carbocycles. The molecule has 134 valence electrons. The Hall–Kier alpha value is -2.47. The molecule has 2 N–H and O–H groups in total. The second kappa shape index (κ2) is 8.58. The Morgan fingerprint density at radius 2 is 1.80 bits per heavy atom. The number of hydrogen-bond acceptors (Lipinski definition) is 3. The fourth-order valence-corrected chi connectivity index (χ4v) is 2.48. The molecule has 0 aliphatic heterocycles. The van der Waals surface area contributed by atoms with E-state index in [4.69, 9.17) is 4.74 Å². The van der Waals surface area contributed by atoms with Gasteiger partial charge < -0.3 is 10.1 Å². The number of halogens is 2. The van der Waals surface area contributed by atoms with Crippen molar-refractivity contribution in [2.24, 2.45) is 0 Å². The SMILES string of the molecule is COc1ccc(CNC(=O)[C@H](C)N[C@H](C)c2ccc(F)cc2F)cc1. The predicted molar refractivity (Wildman–Crippen MR) is 92.2 cm³/mol. The molecule has 2 aromatic rings. The lowest BCUT2D eigenvalue weighted by atomic mass is 10.1. The molecule has 0 fully saturated rings. The van der Waals surface area contributed by atoms with Crippen LogP contribution in [0.3, 0.4) is 0 Å². The van der Waals surface area contributed by atoms with Crippen molar-refractivity contribution in [1.82, 2.24) is 10.6 Å². The molecule has 0 spiro atoms. The van der Waals surface area contributed by atoms with Crippen molar-refractivity contribution in [1.29, 1.82) is 0 Å². The first kappa shape index (κ1) is 18.9. The molecular formula is C19H22F2N2O2. The van der Waals surface area contributed by atoms with Gasteiger partial charge in [-0.05, 0) is 37.6 Å². The van der Waals surface area contributed by atoms with E-state index >= 15 is 0 Å². The summed E-state index contributed by atoms with van der Waals surface area (Å²) in [4.78, 5) is 12.2. The maximum absolute atomic E-state index is 13.8. The van der Waals surface area contributed by atoms with E-state index in [1.165, 1.54) is 12.1 Å². The Morgan fingerprint density at radius 1 is 1.12 bits per heavy atom. The first-order valence-corrected chi connectivity index (χ1v) is 8.02. The fourth-order valence-electron chi connectivity index (χ4n) is 2.48. The minimum Gasteiger partial charge on any atom is -0.497 e. The van der Waals surface area contributed by atoms with E-state index in [1.807, 2.05) is 24.3 Å². The molecule has 6 heteroatoms. The highest BCUT2D eigenvalue weighted by Gasteiger charge is 2.18. The first-order chi connectivity index (χ1) is 11.9. The summed E-state index contributed by atoms with van der Waals surface area (Å²) in [6.07, 6.45) is 0. The number of methoxy groups -OCH3 is 1. The van der Waals surface area contributed by atoms with Gasteiger partial charge in [0.25, 0.3) is 0 Å². The average Bonchev–Trinajstić information content (AvgIpc) is 2.59. The summed E-state index contributed by atoms with van der Waals surface area (Å²) in [5.41, 5.74) is 1.26. The molecule has 4 nitrogen and oxygen atoms in total. The van der Waals surface area contributed by atoms with Gasteiger partial charge in [0.15, 0.2) is 0 Å². The van der Waals surface area contributed by atoms with Gasteiger partial charge in [-0.2, -0.15) is 0 Å². The lowest BCUT2D eigenvalue weighted by Crippen LogP contribution is -2.43. The van der Waals surface area contributed by atoms with Crippen LogP contribution >= 0.6 is 0 Å². The van der Waals surface area contributed by atoms with Crippen molar-refractivity contribution in [3.63, 3.8) is 0 Å². The van der Waals surface area contributed by atoms with Gasteiger partial charge in [-0.3, -0.25) is 10.1 Å². The molecule has 1 amide bonds. The van der Waals surface area contributed by atoms with E-state index in [9.17, 15) is 13.6 Å². The van der Waals surface area contributed by atoms with Crippen molar-refractivity contribution in [3.05, 3.63) is 65.2 Å². The van der Waals surface area contributed by atoms with Crippen LogP contribution in [0.5, 0.6) is 5.75 Å². The zero-order chi connectivity index (χ0) is 18.4. The summed E-state index contributed by atoms with van der Waals surface area (Å²) in [6, 6.07) is 9.84. The summed E-state index contributed by atoms with van der Waals surface area (Å²) < 4.78 is 31.9. The van der Waals surface area contributed by atoms with E-state index in [-0.39, 0.29) is 5.91 Å². The zero-order valence-electron chi connectivity index (χ0n) is 14.5. The van der Waals surface area contributed by atoms with Crippen molar-refractivity contribution in [2.75, 3.05) is 7.11 Å². The quantitative estimate of drug-likeness (QED) is 0.807. The molecule has 25 heavy (non-hydrogen) atoms. The van der Waals surface area contributed by atoms with Crippen molar-refractivity contribution >= 4 is 5.91 Å². The van der Waals surface area contributed by atoms with Crippen LogP contribution in [-0.4, -0.2) is 19.1 Å². The molecule has 0 bridgehead atoms. The maximum atomic E-state index is 13.8. The van der Waals surface area contributed by atoms with Crippen LogP contribution in [0.25, 0.3) is 0 Å². The molecular weight excluding hydrogens is 326 g/mol. The Labute approximate surface area is 146 Å². The Bertz CT molecular complexity index is 720. The van der Waals surface area contributed by atoms with E-state index in [2.05, 4.69) is 10.6 Å². The number of hydrogen-bond donors (Lipinski definition) is 2. The minimum atomic E-state index is -0.633. The predicted octanol–water partition coefficient (Wildman–Crippen LogP) is 3.33. The Balaban J connectivity index is 1.88. The van der Waals surface area contributed by atoms with Crippen LogP contribution in [-0.2, 0) is 11.3 Å². The zero-order valence-corrected chi connectivity index (χ0v) is 14.5.